The monoisotopic (exact) mass is 553 g/mol. The average molecular weight is 554 g/mol. The number of pyridine rings is 2. The number of nitrogens with zero attached hydrogens (tertiary/aromatic N) is 5. The number of unbranched alkanes of at least 4 members (excludes halogenated alkanes) is 1. The van der Waals surface area contributed by atoms with Crippen LogP contribution >= 0.6 is 23.5 Å². The molecule has 3 heterocycles. The van der Waals surface area contributed by atoms with Crippen molar-refractivity contribution in [3.8, 4) is 12.1 Å². The quantitative estimate of drug-likeness (QED) is 0.292. The Hall–Kier alpha value is -3.92. The van der Waals surface area contributed by atoms with Gasteiger partial charge in [0, 0.05) is 11.4 Å². The highest BCUT2D eigenvalue weighted by atomic mass is 32.2. The third kappa shape index (κ3) is 5.75. The summed E-state index contributed by atoms with van der Waals surface area (Å²) >= 11 is 2.01. The molecule has 39 heavy (non-hydrogen) atoms. The normalized spacial score (nSPS) is 13.2. The number of imide groups is 1. The zero-order valence-electron chi connectivity index (χ0n) is 22.5. The van der Waals surface area contributed by atoms with Gasteiger partial charge >= 0.3 is 0 Å². The Bertz CT molecular complexity index is 1500. The first-order chi connectivity index (χ1) is 18.7. The minimum Gasteiger partial charge on any atom is -0.268 e. The van der Waals surface area contributed by atoms with Crippen molar-refractivity contribution in [2.75, 3.05) is 4.90 Å². The number of carbonyl (C=O) groups is 2. The molecule has 9 heteroatoms. The molecule has 0 unspecified atom stereocenters. The van der Waals surface area contributed by atoms with Gasteiger partial charge in [-0.3, -0.25) is 9.59 Å². The predicted molar refractivity (Wildman–Crippen MR) is 153 cm³/mol. The van der Waals surface area contributed by atoms with Gasteiger partial charge < -0.3 is 0 Å². The Morgan fingerprint density at radius 2 is 1.26 bits per heavy atom. The van der Waals surface area contributed by atoms with Crippen molar-refractivity contribution >= 4 is 41.0 Å². The predicted octanol–water partition coefficient (Wildman–Crippen LogP) is 6.47. The van der Waals surface area contributed by atoms with E-state index in [1.54, 1.807) is 24.3 Å². The number of rotatable bonds is 8. The highest BCUT2D eigenvalue weighted by Crippen LogP contribution is 2.45. The van der Waals surface area contributed by atoms with Crippen LogP contribution in [0, 0.1) is 50.4 Å². The Labute approximate surface area is 237 Å². The number of hydrogen-bond donors (Lipinski definition) is 0. The maximum Gasteiger partial charge on any atom is 0.273 e. The van der Waals surface area contributed by atoms with Gasteiger partial charge in [0.25, 0.3) is 11.8 Å². The smallest absolute Gasteiger partial charge is 0.268 e. The van der Waals surface area contributed by atoms with Crippen LogP contribution in [-0.4, -0.2) is 21.8 Å². The number of aryl methyl sites for hydroxylation is 5. The van der Waals surface area contributed by atoms with Crippen molar-refractivity contribution in [2.24, 2.45) is 0 Å². The standard InChI is InChI=1S/C30H27N5O2S2/c1-6-7-8-21-9-11-22(12-10-21)35-29(36)25(38-27-23(15-31)17(2)13-19(4)33-27)26(30(35)37)39-28-24(16-32)18(3)14-20(5)34-28/h9-14H,6-8H2,1-5H3. The first-order valence-electron chi connectivity index (χ1n) is 12.5. The lowest BCUT2D eigenvalue weighted by molar-refractivity contribution is -0.120. The zero-order chi connectivity index (χ0) is 28.3. The molecular formula is C30H27N5O2S2. The van der Waals surface area contributed by atoms with Crippen LogP contribution in [0.25, 0.3) is 0 Å². The molecule has 1 aromatic carbocycles. The van der Waals surface area contributed by atoms with E-state index in [1.165, 1.54) is 0 Å². The summed E-state index contributed by atoms with van der Waals surface area (Å²) in [5.74, 6) is -0.997. The largest absolute Gasteiger partial charge is 0.273 e. The van der Waals surface area contributed by atoms with Crippen LogP contribution in [0.4, 0.5) is 5.69 Å². The van der Waals surface area contributed by atoms with Crippen LogP contribution in [0.2, 0.25) is 0 Å². The molecule has 2 aromatic heterocycles. The number of amides is 2. The van der Waals surface area contributed by atoms with E-state index in [-0.39, 0.29) is 9.81 Å². The molecule has 0 bridgehead atoms. The molecule has 3 aromatic rings. The van der Waals surface area contributed by atoms with Crippen LogP contribution < -0.4 is 4.90 Å². The summed E-state index contributed by atoms with van der Waals surface area (Å²) in [7, 11) is 0. The molecule has 4 rings (SSSR count). The fourth-order valence-corrected chi connectivity index (χ4v) is 6.67. The molecule has 0 aliphatic carbocycles. The maximum atomic E-state index is 13.9. The molecule has 7 nitrogen and oxygen atoms in total. The summed E-state index contributed by atoms with van der Waals surface area (Å²) in [5.41, 5.74) is 5.16. The number of benzene rings is 1. The molecule has 2 amide bonds. The van der Waals surface area contributed by atoms with Crippen LogP contribution in [0.3, 0.4) is 0 Å². The van der Waals surface area contributed by atoms with Gasteiger partial charge in [-0.2, -0.15) is 10.5 Å². The van der Waals surface area contributed by atoms with Crippen molar-refractivity contribution in [1.29, 1.82) is 10.5 Å². The third-order valence-corrected chi connectivity index (χ3v) is 8.53. The first-order valence-corrected chi connectivity index (χ1v) is 14.2. The lowest BCUT2D eigenvalue weighted by Gasteiger charge is -2.16. The van der Waals surface area contributed by atoms with Crippen LogP contribution in [0.1, 0.15) is 59.0 Å². The van der Waals surface area contributed by atoms with Gasteiger partial charge in [-0.25, -0.2) is 14.9 Å². The SMILES string of the molecule is CCCCc1ccc(N2C(=O)C(Sc3nc(C)cc(C)c3C#N)=C(Sc3nc(C)cc(C)c3C#N)C2=O)cc1. The molecule has 0 fully saturated rings. The summed E-state index contributed by atoms with van der Waals surface area (Å²) in [6.07, 6.45) is 3.05. The summed E-state index contributed by atoms with van der Waals surface area (Å²) in [6, 6.07) is 15.4. The summed E-state index contributed by atoms with van der Waals surface area (Å²) in [4.78, 5) is 38.2. The highest BCUT2D eigenvalue weighted by molar-refractivity contribution is 8.08. The Kier molecular flexibility index (Phi) is 8.54. The molecule has 1 aliphatic heterocycles. The minimum atomic E-state index is -0.499. The van der Waals surface area contributed by atoms with E-state index in [2.05, 4.69) is 29.0 Å². The number of aromatic nitrogens is 2. The van der Waals surface area contributed by atoms with Crippen LogP contribution in [0.15, 0.2) is 56.3 Å². The van der Waals surface area contributed by atoms with E-state index in [0.29, 0.717) is 38.3 Å². The van der Waals surface area contributed by atoms with Gasteiger partial charge in [-0.05, 0) is 81.5 Å². The second-order valence-corrected chi connectivity index (χ2v) is 11.3. The first kappa shape index (κ1) is 28.1. The van der Waals surface area contributed by atoms with Gasteiger partial charge in [0.05, 0.1) is 26.6 Å². The molecule has 1 aliphatic rings. The van der Waals surface area contributed by atoms with Crippen LogP contribution in [0.5, 0.6) is 0 Å². The fraction of sp³-hybridized carbons (Fsp3) is 0.267. The number of nitriles is 2. The van der Waals surface area contributed by atoms with Crippen molar-refractivity contribution in [2.45, 2.75) is 63.9 Å². The molecule has 0 spiro atoms. The van der Waals surface area contributed by atoms with E-state index in [0.717, 1.165) is 64.4 Å². The number of carbonyl (C=O) groups excluding carboxylic acids is 2. The van der Waals surface area contributed by atoms with Crippen molar-refractivity contribution in [1.82, 2.24) is 9.97 Å². The summed E-state index contributed by atoms with van der Waals surface area (Å²) in [6.45, 7) is 9.39. The summed E-state index contributed by atoms with van der Waals surface area (Å²) < 4.78 is 0. The molecule has 0 saturated heterocycles. The molecular weight excluding hydrogens is 526 g/mol. The number of hydrogen-bond acceptors (Lipinski definition) is 8. The topological polar surface area (TPSA) is 111 Å². The molecule has 196 valence electrons. The van der Waals surface area contributed by atoms with Gasteiger partial charge in [0.2, 0.25) is 0 Å². The molecule has 0 N–H and O–H groups in total. The highest BCUT2D eigenvalue weighted by Gasteiger charge is 2.41. The van der Waals surface area contributed by atoms with Crippen molar-refractivity contribution < 1.29 is 9.59 Å². The average Bonchev–Trinajstić information content (AvgIpc) is 3.11. The second kappa shape index (κ2) is 11.9. The Morgan fingerprint density at radius 3 is 1.67 bits per heavy atom. The van der Waals surface area contributed by atoms with Gasteiger partial charge in [-0.1, -0.05) is 49.0 Å². The van der Waals surface area contributed by atoms with E-state index in [1.807, 2.05) is 39.8 Å². The van der Waals surface area contributed by atoms with Crippen molar-refractivity contribution in [3.05, 3.63) is 85.4 Å². The fourth-order valence-electron chi connectivity index (χ4n) is 4.31. The molecule has 0 atom stereocenters. The lowest BCUT2D eigenvalue weighted by atomic mass is 10.1. The van der Waals surface area contributed by atoms with E-state index < -0.39 is 11.8 Å². The lowest BCUT2D eigenvalue weighted by Crippen LogP contribution is -2.31. The second-order valence-electron chi connectivity index (χ2n) is 9.32. The van der Waals surface area contributed by atoms with E-state index in [9.17, 15) is 20.1 Å². The van der Waals surface area contributed by atoms with E-state index in [4.69, 9.17) is 0 Å². The van der Waals surface area contributed by atoms with Gasteiger partial charge in [0.1, 0.15) is 22.2 Å². The zero-order valence-corrected chi connectivity index (χ0v) is 24.1. The maximum absolute atomic E-state index is 13.9. The summed E-state index contributed by atoms with van der Waals surface area (Å²) in [5, 5.41) is 20.3. The van der Waals surface area contributed by atoms with E-state index >= 15 is 0 Å². The van der Waals surface area contributed by atoms with Gasteiger partial charge in [0.15, 0.2) is 0 Å². The van der Waals surface area contributed by atoms with Crippen LogP contribution in [-0.2, 0) is 16.0 Å². The third-order valence-electron chi connectivity index (χ3n) is 6.26. The minimum absolute atomic E-state index is 0.152. The van der Waals surface area contributed by atoms with Crippen molar-refractivity contribution in [3.63, 3.8) is 0 Å². The molecule has 0 saturated carbocycles. The Balaban J connectivity index is 1.82. The Morgan fingerprint density at radius 1 is 0.795 bits per heavy atom. The van der Waals surface area contributed by atoms with Gasteiger partial charge in [-0.15, -0.1) is 0 Å². The molecule has 0 radical (unpaired) electrons. The number of thioether (sulfide) groups is 2. The number of anilines is 1.